The molecular weight excluding hydrogens is 236 g/mol. The van der Waals surface area contributed by atoms with Crippen LogP contribution in [0.3, 0.4) is 0 Å². The summed E-state index contributed by atoms with van der Waals surface area (Å²) in [4.78, 5) is 6.75. The first-order valence-corrected chi connectivity index (χ1v) is 6.82. The Balaban J connectivity index is 1.87. The molecule has 1 aliphatic heterocycles. The van der Waals surface area contributed by atoms with Crippen molar-refractivity contribution in [3.63, 3.8) is 0 Å². The highest BCUT2D eigenvalue weighted by Crippen LogP contribution is 2.27. The molecular formula is C15H20N4. The Bertz CT molecular complexity index is 573. The highest BCUT2D eigenvalue weighted by molar-refractivity contribution is 5.97. The number of pyridine rings is 1. The van der Waals surface area contributed by atoms with Gasteiger partial charge in [-0.2, -0.15) is 0 Å². The molecule has 0 radical (unpaired) electrons. The SMILES string of the molecule is CN1CCC(Nc2ccnc3c(N)cccc23)CC1. The smallest absolute Gasteiger partial charge is 0.0951 e. The van der Waals surface area contributed by atoms with Crippen LogP contribution in [0, 0.1) is 0 Å². The molecule has 0 atom stereocenters. The third kappa shape index (κ3) is 2.49. The Labute approximate surface area is 113 Å². The van der Waals surface area contributed by atoms with Gasteiger partial charge in [-0.3, -0.25) is 4.98 Å². The van der Waals surface area contributed by atoms with E-state index in [1.54, 1.807) is 0 Å². The van der Waals surface area contributed by atoms with Crippen LogP contribution >= 0.6 is 0 Å². The van der Waals surface area contributed by atoms with Crippen LogP contribution in [0.15, 0.2) is 30.5 Å². The van der Waals surface area contributed by atoms with E-state index in [9.17, 15) is 0 Å². The molecule has 0 unspecified atom stereocenters. The largest absolute Gasteiger partial charge is 0.397 e. The molecule has 1 saturated heterocycles. The van der Waals surface area contributed by atoms with E-state index < -0.39 is 0 Å². The molecule has 2 heterocycles. The van der Waals surface area contributed by atoms with Crippen molar-refractivity contribution in [2.75, 3.05) is 31.2 Å². The standard InChI is InChI=1S/C15H20N4/c1-19-9-6-11(7-10-19)18-14-5-8-17-15-12(14)3-2-4-13(15)16/h2-5,8,11H,6-7,9-10,16H2,1H3,(H,17,18). The zero-order valence-corrected chi connectivity index (χ0v) is 11.3. The Morgan fingerprint density at radius 3 is 2.84 bits per heavy atom. The van der Waals surface area contributed by atoms with Crippen molar-refractivity contribution in [1.29, 1.82) is 0 Å². The number of aromatic nitrogens is 1. The summed E-state index contributed by atoms with van der Waals surface area (Å²) in [6.45, 7) is 2.31. The summed E-state index contributed by atoms with van der Waals surface area (Å²) in [5.41, 5.74) is 8.75. The molecule has 0 bridgehead atoms. The van der Waals surface area contributed by atoms with Crippen molar-refractivity contribution in [2.24, 2.45) is 0 Å². The van der Waals surface area contributed by atoms with Gasteiger partial charge in [0.2, 0.25) is 0 Å². The van der Waals surface area contributed by atoms with Crippen molar-refractivity contribution < 1.29 is 0 Å². The molecule has 0 spiro atoms. The summed E-state index contributed by atoms with van der Waals surface area (Å²) in [5.74, 6) is 0. The molecule has 4 nitrogen and oxygen atoms in total. The van der Waals surface area contributed by atoms with E-state index in [4.69, 9.17) is 5.73 Å². The van der Waals surface area contributed by atoms with Gasteiger partial charge in [0, 0.05) is 23.3 Å². The van der Waals surface area contributed by atoms with Gasteiger partial charge in [-0.25, -0.2) is 0 Å². The van der Waals surface area contributed by atoms with Gasteiger partial charge in [0.1, 0.15) is 0 Å². The van der Waals surface area contributed by atoms with Crippen LogP contribution in [-0.4, -0.2) is 36.1 Å². The van der Waals surface area contributed by atoms with Crippen LogP contribution in [0.4, 0.5) is 11.4 Å². The molecule has 3 rings (SSSR count). The van der Waals surface area contributed by atoms with E-state index >= 15 is 0 Å². The second kappa shape index (κ2) is 5.05. The summed E-state index contributed by atoms with van der Waals surface area (Å²) in [5, 5.41) is 4.76. The summed E-state index contributed by atoms with van der Waals surface area (Å²) in [6, 6.07) is 8.55. The summed E-state index contributed by atoms with van der Waals surface area (Å²) >= 11 is 0. The normalized spacial score (nSPS) is 17.7. The van der Waals surface area contributed by atoms with Crippen molar-refractivity contribution in [1.82, 2.24) is 9.88 Å². The summed E-state index contributed by atoms with van der Waals surface area (Å²) in [6.07, 6.45) is 4.20. The van der Waals surface area contributed by atoms with Crippen LogP contribution in [-0.2, 0) is 0 Å². The number of anilines is 2. The predicted octanol–water partition coefficient (Wildman–Crippen LogP) is 2.32. The zero-order chi connectivity index (χ0) is 13.2. The maximum atomic E-state index is 5.98. The minimum absolute atomic E-state index is 0.545. The monoisotopic (exact) mass is 256 g/mol. The van der Waals surface area contributed by atoms with Gasteiger partial charge in [0.25, 0.3) is 0 Å². The Morgan fingerprint density at radius 1 is 1.26 bits per heavy atom. The number of likely N-dealkylation sites (tertiary alicyclic amines) is 1. The zero-order valence-electron chi connectivity index (χ0n) is 11.3. The number of hydrogen-bond donors (Lipinski definition) is 2. The molecule has 1 aromatic heterocycles. The molecule has 1 aliphatic rings. The number of rotatable bonds is 2. The molecule has 2 aromatic rings. The van der Waals surface area contributed by atoms with Crippen LogP contribution in [0.1, 0.15) is 12.8 Å². The third-order valence-corrected chi connectivity index (χ3v) is 3.88. The summed E-state index contributed by atoms with van der Waals surface area (Å²) in [7, 11) is 2.18. The van der Waals surface area contributed by atoms with Gasteiger partial charge in [0.05, 0.1) is 11.2 Å². The lowest BCUT2D eigenvalue weighted by atomic mass is 10.0. The first-order valence-electron chi connectivity index (χ1n) is 6.82. The number of nitrogen functional groups attached to an aromatic ring is 1. The molecule has 19 heavy (non-hydrogen) atoms. The molecule has 4 heteroatoms. The average molecular weight is 256 g/mol. The Hall–Kier alpha value is -1.81. The van der Waals surface area contributed by atoms with Crippen molar-refractivity contribution in [3.8, 4) is 0 Å². The van der Waals surface area contributed by atoms with E-state index in [1.165, 1.54) is 12.8 Å². The van der Waals surface area contributed by atoms with E-state index in [2.05, 4.69) is 28.3 Å². The predicted molar refractivity (Wildman–Crippen MR) is 80.3 cm³/mol. The first kappa shape index (κ1) is 12.2. The maximum absolute atomic E-state index is 5.98. The van der Waals surface area contributed by atoms with Crippen molar-refractivity contribution >= 4 is 22.3 Å². The van der Waals surface area contributed by atoms with E-state index in [0.29, 0.717) is 6.04 Å². The number of para-hydroxylation sites is 1. The highest BCUT2D eigenvalue weighted by atomic mass is 15.1. The third-order valence-electron chi connectivity index (χ3n) is 3.88. The fourth-order valence-electron chi connectivity index (χ4n) is 2.70. The number of piperidine rings is 1. The van der Waals surface area contributed by atoms with Crippen LogP contribution in [0.2, 0.25) is 0 Å². The molecule has 3 N–H and O–H groups in total. The van der Waals surface area contributed by atoms with Crippen LogP contribution < -0.4 is 11.1 Å². The van der Waals surface area contributed by atoms with Gasteiger partial charge in [0.15, 0.2) is 0 Å². The van der Waals surface area contributed by atoms with Gasteiger partial charge >= 0.3 is 0 Å². The number of hydrogen-bond acceptors (Lipinski definition) is 4. The fourth-order valence-corrected chi connectivity index (χ4v) is 2.70. The Morgan fingerprint density at radius 2 is 2.05 bits per heavy atom. The second-order valence-corrected chi connectivity index (χ2v) is 5.32. The quantitative estimate of drug-likeness (QED) is 0.810. The molecule has 100 valence electrons. The average Bonchev–Trinajstić information content (AvgIpc) is 2.43. The first-order chi connectivity index (χ1) is 9.24. The molecule has 0 saturated carbocycles. The minimum Gasteiger partial charge on any atom is -0.397 e. The molecule has 0 amide bonds. The van der Waals surface area contributed by atoms with Gasteiger partial charge in [-0.05, 0) is 45.1 Å². The molecule has 1 fully saturated rings. The number of nitrogens with zero attached hydrogens (tertiary/aromatic N) is 2. The Kier molecular flexibility index (Phi) is 3.25. The van der Waals surface area contributed by atoms with Crippen molar-refractivity contribution in [3.05, 3.63) is 30.5 Å². The van der Waals surface area contributed by atoms with E-state index in [0.717, 1.165) is 35.4 Å². The number of benzene rings is 1. The lowest BCUT2D eigenvalue weighted by Crippen LogP contribution is -2.36. The van der Waals surface area contributed by atoms with Crippen LogP contribution in [0.5, 0.6) is 0 Å². The van der Waals surface area contributed by atoms with Crippen molar-refractivity contribution in [2.45, 2.75) is 18.9 Å². The lowest BCUT2D eigenvalue weighted by Gasteiger charge is -2.30. The summed E-state index contributed by atoms with van der Waals surface area (Å²) < 4.78 is 0. The number of nitrogens with two attached hydrogens (primary N) is 1. The number of fused-ring (bicyclic) bond motifs is 1. The molecule has 1 aromatic carbocycles. The second-order valence-electron chi connectivity index (χ2n) is 5.32. The van der Waals surface area contributed by atoms with Gasteiger partial charge in [-0.15, -0.1) is 0 Å². The van der Waals surface area contributed by atoms with Gasteiger partial charge < -0.3 is 16.0 Å². The molecule has 0 aliphatic carbocycles. The lowest BCUT2D eigenvalue weighted by molar-refractivity contribution is 0.264. The van der Waals surface area contributed by atoms with Crippen LogP contribution in [0.25, 0.3) is 10.9 Å². The highest BCUT2D eigenvalue weighted by Gasteiger charge is 2.17. The fraction of sp³-hybridized carbons (Fsp3) is 0.400. The maximum Gasteiger partial charge on any atom is 0.0951 e. The van der Waals surface area contributed by atoms with Gasteiger partial charge in [-0.1, -0.05) is 12.1 Å². The minimum atomic E-state index is 0.545. The van der Waals surface area contributed by atoms with E-state index in [1.807, 2.05) is 24.4 Å². The van der Waals surface area contributed by atoms with E-state index in [-0.39, 0.29) is 0 Å². The topological polar surface area (TPSA) is 54.2 Å². The number of nitrogens with one attached hydrogen (secondary N) is 1.